The second kappa shape index (κ2) is 70.7. The smallest absolute Gasteiger partial charge is 0.160 e. The Morgan fingerprint density at radius 1 is 0.306 bits per heavy atom. The summed E-state index contributed by atoms with van der Waals surface area (Å²) in [6, 6.07) is 0. The number of carbonyl (C=O) groups is 4. The van der Waals surface area contributed by atoms with Crippen LogP contribution >= 0.6 is 0 Å². The average Bonchev–Trinajstić information content (AvgIpc) is 1.82. The lowest BCUT2D eigenvalue weighted by atomic mass is 10.0. The van der Waals surface area contributed by atoms with Crippen LogP contribution in [0, 0.1) is 76.9 Å². The highest BCUT2D eigenvalue weighted by Gasteiger charge is 2.11. The van der Waals surface area contributed by atoms with Crippen LogP contribution < -0.4 is 0 Å². The summed E-state index contributed by atoms with van der Waals surface area (Å²) in [6.45, 7) is 68.1. The summed E-state index contributed by atoms with van der Waals surface area (Å²) in [7, 11) is 0. The van der Waals surface area contributed by atoms with Crippen molar-refractivity contribution >= 4 is 23.1 Å². The lowest BCUT2D eigenvalue weighted by molar-refractivity contribution is -0.127. The molecule has 0 aromatic carbocycles. The van der Waals surface area contributed by atoms with Crippen molar-refractivity contribution < 1.29 is 47.6 Å². The second-order valence-electron chi connectivity index (χ2n) is 32.1. The van der Waals surface area contributed by atoms with Crippen molar-refractivity contribution in [2.45, 2.75) is 335 Å². The first-order valence-corrected chi connectivity index (χ1v) is 39.3. The first-order chi connectivity index (χ1) is 45.9. The Labute approximate surface area is 606 Å². The molecule has 2 aromatic rings. The van der Waals surface area contributed by atoms with Crippen molar-refractivity contribution in [3.63, 3.8) is 0 Å². The highest BCUT2D eigenvalue weighted by molar-refractivity contribution is 5.82. The third-order valence-corrected chi connectivity index (χ3v) is 15.4. The molecular formula is C82H164N6O10. The van der Waals surface area contributed by atoms with E-state index in [1.165, 1.54) is 57.8 Å². The summed E-state index contributed by atoms with van der Waals surface area (Å²) in [6.07, 6.45) is 25.5. The lowest BCUT2D eigenvalue weighted by Crippen LogP contribution is -2.17. The average molecular weight is 1390 g/mol. The van der Waals surface area contributed by atoms with E-state index >= 15 is 0 Å². The highest BCUT2D eigenvalue weighted by Crippen LogP contribution is 2.14. The number of nitrogens with zero attached hydrogens (tertiary/aromatic N) is 6. The molecule has 0 fully saturated rings. The maximum Gasteiger partial charge on any atom is 0.160 e. The summed E-state index contributed by atoms with van der Waals surface area (Å²) in [5.74, 6) is 8.60. The highest BCUT2D eigenvalue weighted by atomic mass is 16.5. The Morgan fingerprint density at radius 3 is 0.929 bits per heavy atom. The quantitative estimate of drug-likeness (QED) is 0.0570. The third kappa shape index (κ3) is 85.1. The Balaban J connectivity index is -0.000000349. The lowest BCUT2D eigenvalue weighted by Gasteiger charge is -2.08. The summed E-state index contributed by atoms with van der Waals surface area (Å²) in [4.78, 5) is 44.9. The molecule has 0 bridgehead atoms. The van der Waals surface area contributed by atoms with Crippen LogP contribution in [-0.4, -0.2) is 132 Å². The molecule has 0 aliphatic rings. The summed E-state index contributed by atoms with van der Waals surface area (Å²) >= 11 is 0. The van der Waals surface area contributed by atoms with Gasteiger partial charge in [-0.15, -0.1) is 10.2 Å². The van der Waals surface area contributed by atoms with Gasteiger partial charge < -0.3 is 28.4 Å². The van der Waals surface area contributed by atoms with Crippen LogP contribution in [0.1, 0.15) is 314 Å². The van der Waals surface area contributed by atoms with E-state index in [9.17, 15) is 19.2 Å². The molecule has 0 aliphatic carbocycles. The van der Waals surface area contributed by atoms with Crippen LogP contribution in [0.3, 0.4) is 0 Å². The summed E-state index contributed by atoms with van der Waals surface area (Å²) in [5.41, 5.74) is 2.13. The standard InChI is InChI=1S/C15H27N3O2.C15H29N3O.C13H26O2.C11H22O.C10H20O3.C10H22O.C8H18/c1-12(2)6-5-7-14-10-18(17-16-14)8-9-20-11-15(19)13(3)4;1-13(2)6-5-7-15-12-18(17-16-15)9-11-19-10-8-14(3)4;1-11(2)8-10-15-9-6-5-7-13(14)12(3)4;1-9(2)7-5-6-8-11(12)10(3)4;1-8(2)10(11)7-12-5-6-13-9(3)4;1-9(2)5-7-11-8-6-10(3)4;1-7(2)5-6-8(3)4/h10,12-13H,5-9,11H2,1-4H3;12-14H,5-11H2,1-4H3;11-12H,5-10H2,1-4H3;9-10H,5-8H2,1-4H3;8-9H,5-7H2,1-4H3;9-10H,5-8H2,1-4H3;7-8H,5-6H2,1-4H3. The molecule has 0 amide bonds. The SMILES string of the molecule is CC(C)CCC(C)C.CC(C)CCCCC(=O)C(C)C.CC(C)CCCc1cn(CCOCC(=O)C(C)C)nn1.CC(C)CCCc1cn(CCOCCC(C)C)nn1.CC(C)CCOCCC(C)C.CC(C)CCOCCCCC(=O)C(C)C.CC(C)OCCOCC(=O)C(C)C. The zero-order valence-corrected chi connectivity index (χ0v) is 69.6. The van der Waals surface area contributed by atoms with Gasteiger partial charge in [0.1, 0.15) is 24.8 Å². The number of rotatable bonds is 51. The molecule has 16 heteroatoms. The van der Waals surface area contributed by atoms with Crippen molar-refractivity contribution in [1.82, 2.24) is 30.0 Å². The van der Waals surface area contributed by atoms with Crippen molar-refractivity contribution in [1.29, 1.82) is 0 Å². The third-order valence-electron chi connectivity index (χ3n) is 15.4. The van der Waals surface area contributed by atoms with Crippen molar-refractivity contribution in [3.8, 4) is 0 Å². The molecule has 0 unspecified atom stereocenters. The molecule has 2 rings (SSSR count). The van der Waals surface area contributed by atoms with Crippen LogP contribution in [0.15, 0.2) is 12.4 Å². The van der Waals surface area contributed by atoms with E-state index in [4.69, 9.17) is 28.4 Å². The van der Waals surface area contributed by atoms with Crippen molar-refractivity contribution in [2.24, 2.45) is 76.9 Å². The van der Waals surface area contributed by atoms with Gasteiger partial charge in [0, 0.05) is 81.9 Å². The second-order valence-corrected chi connectivity index (χ2v) is 32.1. The fourth-order valence-corrected chi connectivity index (χ4v) is 8.03. The molecule has 0 saturated carbocycles. The van der Waals surface area contributed by atoms with E-state index in [1.54, 1.807) is 4.68 Å². The summed E-state index contributed by atoms with van der Waals surface area (Å²) in [5, 5.41) is 16.5. The van der Waals surface area contributed by atoms with E-state index in [0.717, 1.165) is 157 Å². The minimum absolute atomic E-state index is 0.0360. The molecule has 0 spiro atoms. The van der Waals surface area contributed by atoms with Gasteiger partial charge in [0.2, 0.25) is 0 Å². The number of aromatic nitrogens is 6. The molecule has 0 radical (unpaired) electrons. The number of aryl methyl sites for hydroxylation is 2. The fourth-order valence-electron chi connectivity index (χ4n) is 8.03. The van der Waals surface area contributed by atoms with Crippen LogP contribution in [0.25, 0.3) is 0 Å². The van der Waals surface area contributed by atoms with Crippen LogP contribution in [0.2, 0.25) is 0 Å². The number of hydrogen-bond donors (Lipinski definition) is 0. The van der Waals surface area contributed by atoms with Gasteiger partial charge in [-0.05, 0) is 138 Å². The number of ether oxygens (including phenoxy) is 6. The minimum atomic E-state index is 0.0360. The fraction of sp³-hybridized carbons (Fsp3) is 0.902. The number of ketones is 4. The predicted molar refractivity (Wildman–Crippen MR) is 414 cm³/mol. The molecule has 0 aliphatic heterocycles. The Morgan fingerprint density at radius 2 is 0.602 bits per heavy atom. The molecule has 2 heterocycles. The predicted octanol–water partition coefficient (Wildman–Crippen LogP) is 20.5. The molecule has 98 heavy (non-hydrogen) atoms. The number of carbonyl (C=O) groups excluding carboxylic acids is 4. The molecule has 2 aromatic heterocycles. The van der Waals surface area contributed by atoms with Gasteiger partial charge in [-0.25, -0.2) is 9.36 Å². The number of hydrogen-bond acceptors (Lipinski definition) is 14. The van der Waals surface area contributed by atoms with Gasteiger partial charge in [0.05, 0.1) is 57.0 Å². The maximum absolute atomic E-state index is 11.4. The van der Waals surface area contributed by atoms with E-state index in [0.29, 0.717) is 56.2 Å². The van der Waals surface area contributed by atoms with Gasteiger partial charge in [-0.2, -0.15) is 0 Å². The molecule has 0 N–H and O–H groups in total. The Kier molecular flexibility index (Phi) is 74.6. The molecule has 16 nitrogen and oxygen atoms in total. The normalized spacial score (nSPS) is 11.4. The van der Waals surface area contributed by atoms with Gasteiger partial charge in [0.25, 0.3) is 0 Å². The van der Waals surface area contributed by atoms with Crippen LogP contribution in [0.5, 0.6) is 0 Å². The Bertz CT molecular complexity index is 2020. The van der Waals surface area contributed by atoms with Gasteiger partial charge in [-0.3, -0.25) is 19.2 Å². The molecular weight excluding hydrogens is 1230 g/mol. The monoisotopic (exact) mass is 1390 g/mol. The van der Waals surface area contributed by atoms with Crippen molar-refractivity contribution in [3.05, 3.63) is 23.8 Å². The molecule has 0 saturated heterocycles. The molecule has 582 valence electrons. The molecule has 0 atom stereocenters. The number of unbranched alkanes of at least 4 members (excludes halogenated alkanes) is 2. The first-order valence-electron chi connectivity index (χ1n) is 39.3. The van der Waals surface area contributed by atoms with Crippen molar-refractivity contribution in [2.75, 3.05) is 72.7 Å². The van der Waals surface area contributed by atoms with E-state index in [1.807, 2.05) is 86.3 Å². The van der Waals surface area contributed by atoms with Crippen LogP contribution in [-0.2, 0) is 73.5 Å². The minimum Gasteiger partial charge on any atom is -0.381 e. The van der Waals surface area contributed by atoms with Gasteiger partial charge in [0.15, 0.2) is 11.6 Å². The zero-order valence-electron chi connectivity index (χ0n) is 69.6. The first kappa shape index (κ1) is 103. The maximum atomic E-state index is 11.4. The number of Topliss-reactive ketones (excluding diaryl/α,β-unsaturated/α-hetero) is 4. The Hall–Kier alpha value is -3.28. The van der Waals surface area contributed by atoms with Gasteiger partial charge in [-0.1, -0.05) is 229 Å². The van der Waals surface area contributed by atoms with Crippen LogP contribution in [0.4, 0.5) is 0 Å². The largest absolute Gasteiger partial charge is 0.381 e. The van der Waals surface area contributed by atoms with Gasteiger partial charge >= 0.3 is 0 Å². The summed E-state index contributed by atoms with van der Waals surface area (Å²) < 4.78 is 35.9. The van der Waals surface area contributed by atoms with E-state index in [2.05, 4.69) is 145 Å². The topological polar surface area (TPSA) is 185 Å². The zero-order chi connectivity index (χ0) is 75.8. The van der Waals surface area contributed by atoms with E-state index < -0.39 is 0 Å². The van der Waals surface area contributed by atoms with E-state index in [-0.39, 0.29) is 54.6 Å².